The van der Waals surface area contributed by atoms with E-state index in [1.165, 1.54) is 30.4 Å². The summed E-state index contributed by atoms with van der Waals surface area (Å²) in [6.45, 7) is 0. The molecule has 0 fully saturated rings. The first kappa shape index (κ1) is 10.7. The zero-order chi connectivity index (χ0) is 9.47. The van der Waals surface area contributed by atoms with Crippen molar-refractivity contribution >= 4 is 25.7 Å². The number of halogens is 3. The molecule has 0 amide bonds. The normalized spacial score (nSPS) is 28.1. The van der Waals surface area contributed by atoms with Crippen molar-refractivity contribution in [3.05, 3.63) is 23.3 Å². The molecule has 0 N–H and O–H groups in total. The van der Waals surface area contributed by atoms with Crippen LogP contribution in [0.5, 0.6) is 0 Å². The van der Waals surface area contributed by atoms with Crippen LogP contribution in [-0.4, -0.2) is 0 Å². The van der Waals surface area contributed by atoms with Crippen LogP contribution in [0.4, 0.5) is 0 Å². The van der Waals surface area contributed by atoms with Gasteiger partial charge < -0.3 is 0 Å². The van der Waals surface area contributed by atoms with Crippen molar-refractivity contribution in [1.82, 2.24) is 0 Å². The van der Waals surface area contributed by atoms with E-state index in [2.05, 4.69) is 12.2 Å². The van der Waals surface area contributed by atoms with Crippen molar-refractivity contribution in [3.63, 3.8) is 0 Å². The second kappa shape index (κ2) is 4.00. The second-order valence-electron chi connectivity index (χ2n) is 3.64. The molecule has 0 aromatic rings. The number of hydrogen-bond acceptors (Lipinski definition) is 0. The van der Waals surface area contributed by atoms with Gasteiger partial charge >= 0.3 is 94.8 Å². The molecule has 0 saturated heterocycles. The predicted molar refractivity (Wildman–Crippen MR) is 55.9 cm³/mol. The fraction of sp³-hybridized carbons (Fsp3) is 0.556. The number of rotatable bonds is 1. The molecule has 1 unspecified atom stereocenters. The zero-order valence-electron chi connectivity index (χ0n) is 7.19. The first-order valence-electron chi connectivity index (χ1n) is 4.56. The summed E-state index contributed by atoms with van der Waals surface area (Å²) >= 11 is -3.40. The van der Waals surface area contributed by atoms with Crippen LogP contribution in [0.1, 0.15) is 25.7 Å². The van der Waals surface area contributed by atoms with Gasteiger partial charge in [-0.05, 0) is 0 Å². The van der Waals surface area contributed by atoms with Gasteiger partial charge in [0, 0.05) is 0 Å². The van der Waals surface area contributed by atoms with Gasteiger partial charge in [-0.15, -0.1) is 0 Å². The minimum absolute atomic E-state index is 0.243. The monoisotopic (exact) mass is 404 g/mol. The van der Waals surface area contributed by atoms with Gasteiger partial charge in [-0.3, -0.25) is 0 Å². The Bertz CT molecular complexity index is 275. The van der Waals surface area contributed by atoms with E-state index < -0.39 is 16.4 Å². The molecule has 0 aromatic heterocycles. The Kier molecular flexibility index (Phi) is 3.30. The number of allylic oxidation sites excluding steroid dienone is 4. The van der Waals surface area contributed by atoms with E-state index in [4.69, 9.17) is 25.7 Å². The summed E-state index contributed by atoms with van der Waals surface area (Å²) in [5.74, 6) is 0. The first-order chi connectivity index (χ1) is 6.09. The van der Waals surface area contributed by atoms with E-state index in [0.29, 0.717) is 0 Å². The molecular formula is C9H11Cl3Hf. The van der Waals surface area contributed by atoms with Crippen molar-refractivity contribution in [2.24, 2.45) is 0 Å². The Morgan fingerprint density at radius 1 is 1.15 bits per heavy atom. The fourth-order valence-electron chi connectivity index (χ4n) is 2.13. The van der Waals surface area contributed by atoms with Crippen LogP contribution < -0.4 is 0 Å². The standard InChI is InChI=1S/C9H11.3ClH.Hf/c1-2-5-9-7-3-6-8(9)4-1;;;;/h3,6-7H,1-2,4-5H2;3*1H;/q;;;;+3/p-3. The van der Waals surface area contributed by atoms with Crippen LogP contribution in [-0.2, 0) is 16.4 Å². The zero-order valence-corrected chi connectivity index (χ0v) is 13.1. The van der Waals surface area contributed by atoms with Crippen LogP contribution in [0.25, 0.3) is 0 Å². The molecule has 2 aliphatic carbocycles. The number of hydrogen-bond donors (Lipinski definition) is 0. The van der Waals surface area contributed by atoms with Crippen LogP contribution in [0.2, 0.25) is 3.67 Å². The topological polar surface area (TPSA) is 0 Å². The van der Waals surface area contributed by atoms with Crippen LogP contribution >= 0.6 is 25.7 Å². The molecule has 0 spiro atoms. The van der Waals surface area contributed by atoms with Gasteiger partial charge in [0.25, 0.3) is 0 Å². The third-order valence-corrected chi connectivity index (χ3v) is 13.0. The molecule has 0 aromatic carbocycles. The van der Waals surface area contributed by atoms with Gasteiger partial charge in [0.05, 0.1) is 0 Å². The molecule has 0 radical (unpaired) electrons. The fourth-order valence-corrected chi connectivity index (χ4v) is 10.9. The Balaban J connectivity index is 2.26. The average Bonchev–Trinajstić information content (AvgIpc) is 2.45. The van der Waals surface area contributed by atoms with Gasteiger partial charge in [-0.2, -0.15) is 0 Å². The van der Waals surface area contributed by atoms with Crippen molar-refractivity contribution in [2.45, 2.75) is 29.4 Å². The maximum absolute atomic E-state index is 6.13. The average molecular weight is 404 g/mol. The van der Waals surface area contributed by atoms with Gasteiger partial charge in [0.1, 0.15) is 0 Å². The summed E-state index contributed by atoms with van der Waals surface area (Å²) in [4.78, 5) is 0. The Morgan fingerprint density at radius 3 is 2.54 bits per heavy atom. The summed E-state index contributed by atoms with van der Waals surface area (Å²) in [6.07, 6.45) is 9.22. The summed E-state index contributed by atoms with van der Waals surface area (Å²) in [5, 5.41) is 0. The van der Waals surface area contributed by atoms with Crippen LogP contribution in [0.15, 0.2) is 23.3 Å². The molecule has 2 aliphatic rings. The van der Waals surface area contributed by atoms with E-state index in [-0.39, 0.29) is 3.67 Å². The van der Waals surface area contributed by atoms with Crippen molar-refractivity contribution in [3.8, 4) is 0 Å². The molecule has 0 saturated carbocycles. The quantitative estimate of drug-likeness (QED) is 0.550. The van der Waals surface area contributed by atoms with E-state index in [9.17, 15) is 0 Å². The van der Waals surface area contributed by atoms with E-state index >= 15 is 0 Å². The molecule has 0 nitrogen and oxygen atoms in total. The second-order valence-corrected chi connectivity index (χ2v) is 29.2. The summed E-state index contributed by atoms with van der Waals surface area (Å²) in [6, 6.07) is 0. The van der Waals surface area contributed by atoms with Gasteiger partial charge in [0.15, 0.2) is 0 Å². The minimum atomic E-state index is -3.40. The predicted octanol–water partition coefficient (Wildman–Crippen LogP) is 4.83. The van der Waals surface area contributed by atoms with Gasteiger partial charge in [-0.25, -0.2) is 0 Å². The molecule has 72 valence electrons. The third kappa shape index (κ3) is 2.25. The molecule has 0 bridgehead atoms. The van der Waals surface area contributed by atoms with Crippen LogP contribution in [0.3, 0.4) is 0 Å². The van der Waals surface area contributed by atoms with Crippen LogP contribution in [0, 0.1) is 0 Å². The van der Waals surface area contributed by atoms with Gasteiger partial charge in [0.2, 0.25) is 0 Å². The van der Waals surface area contributed by atoms with Gasteiger partial charge in [-0.1, -0.05) is 0 Å². The maximum atomic E-state index is 6.13. The van der Waals surface area contributed by atoms with Crippen molar-refractivity contribution in [1.29, 1.82) is 0 Å². The first-order valence-corrected chi connectivity index (χ1v) is 20.0. The van der Waals surface area contributed by atoms with E-state index in [0.717, 1.165) is 6.42 Å². The summed E-state index contributed by atoms with van der Waals surface area (Å²) in [5.41, 5.74) is 2.91. The summed E-state index contributed by atoms with van der Waals surface area (Å²) in [7, 11) is 18.4. The molecule has 13 heavy (non-hydrogen) atoms. The summed E-state index contributed by atoms with van der Waals surface area (Å²) < 4.78 is 0.243. The Labute approximate surface area is 94.0 Å². The SMILES string of the molecule is [Cl][Hf]([Cl])([Cl])[CH]1C=CC2=C1CCCC2. The Morgan fingerprint density at radius 2 is 1.85 bits per heavy atom. The van der Waals surface area contributed by atoms with E-state index in [1.54, 1.807) is 0 Å². The molecule has 0 heterocycles. The Hall–Kier alpha value is 1.22. The van der Waals surface area contributed by atoms with Crippen molar-refractivity contribution < 1.29 is 16.4 Å². The molecule has 2 rings (SSSR count). The molecule has 0 aliphatic heterocycles. The van der Waals surface area contributed by atoms with Crippen molar-refractivity contribution in [2.75, 3.05) is 0 Å². The molecular weight excluding hydrogens is 393 g/mol. The van der Waals surface area contributed by atoms with E-state index in [1.807, 2.05) is 0 Å². The molecule has 4 heteroatoms. The third-order valence-electron chi connectivity index (χ3n) is 2.77. The molecule has 1 atom stereocenters.